The highest BCUT2D eigenvalue weighted by Crippen LogP contribution is 2.30. The number of hydrogen-bond acceptors (Lipinski definition) is 3. The van der Waals surface area contributed by atoms with Gasteiger partial charge in [-0.15, -0.1) is 0 Å². The Labute approximate surface area is 117 Å². The van der Waals surface area contributed by atoms with Crippen LogP contribution >= 0.6 is 0 Å². The third-order valence-electron chi connectivity index (χ3n) is 3.19. The molecule has 0 atom stereocenters. The lowest BCUT2D eigenvalue weighted by Crippen LogP contribution is -1.87. The monoisotopic (exact) mass is 262 g/mol. The summed E-state index contributed by atoms with van der Waals surface area (Å²) < 4.78 is 0. The number of benzene rings is 3. The quantitative estimate of drug-likeness (QED) is 0.544. The maximum Gasteiger partial charge on any atom is 0.124 e. The van der Waals surface area contributed by atoms with E-state index in [2.05, 4.69) is 4.99 Å². The number of rotatable bonds is 2. The number of aromatic hydroxyl groups is 1. The van der Waals surface area contributed by atoms with Crippen molar-refractivity contribution in [3.8, 4) is 5.75 Å². The van der Waals surface area contributed by atoms with Crippen molar-refractivity contribution in [1.82, 2.24) is 0 Å². The smallest absolute Gasteiger partial charge is 0.124 e. The van der Waals surface area contributed by atoms with Gasteiger partial charge in [-0.2, -0.15) is 0 Å². The second-order valence-electron chi connectivity index (χ2n) is 4.54. The van der Waals surface area contributed by atoms with Crippen LogP contribution in [-0.2, 0) is 0 Å². The molecule has 0 fully saturated rings. The molecule has 3 nitrogen and oxygen atoms in total. The molecule has 0 unspecified atom stereocenters. The third-order valence-corrected chi connectivity index (χ3v) is 3.19. The van der Waals surface area contributed by atoms with E-state index in [1.807, 2.05) is 48.5 Å². The third kappa shape index (κ3) is 2.21. The molecule has 0 saturated heterocycles. The molecular formula is C17H14N2O. The molecule has 0 aromatic heterocycles. The number of anilines is 1. The Kier molecular flexibility index (Phi) is 3.09. The number of fused-ring (bicyclic) bond motifs is 1. The number of aliphatic imine (C=N–C) groups is 1. The molecule has 3 N–H and O–H groups in total. The highest BCUT2D eigenvalue weighted by atomic mass is 16.3. The minimum atomic E-state index is 0.212. The van der Waals surface area contributed by atoms with Gasteiger partial charge in [0, 0.05) is 22.9 Å². The normalized spacial score (nSPS) is 11.2. The lowest BCUT2D eigenvalue weighted by molar-refractivity contribution is 0.474. The summed E-state index contributed by atoms with van der Waals surface area (Å²) in [5, 5.41) is 11.7. The summed E-state index contributed by atoms with van der Waals surface area (Å²) in [7, 11) is 0. The Balaban J connectivity index is 2.10. The Morgan fingerprint density at radius 1 is 0.900 bits per heavy atom. The van der Waals surface area contributed by atoms with Crippen LogP contribution < -0.4 is 5.73 Å². The van der Waals surface area contributed by atoms with Gasteiger partial charge in [-0.1, -0.05) is 36.4 Å². The summed E-state index contributed by atoms with van der Waals surface area (Å²) in [4.78, 5) is 4.46. The average Bonchev–Trinajstić information content (AvgIpc) is 2.46. The standard InChI is InChI=1S/C17H14N2O/c18-14-8-3-6-12-7-4-9-15(17(12)14)19-11-13-5-1-2-10-16(13)20/h1-11,20H,18H2. The Bertz CT molecular complexity index is 789. The number of phenolic OH excluding ortho intramolecular Hbond substituents is 1. The van der Waals surface area contributed by atoms with Gasteiger partial charge in [0.25, 0.3) is 0 Å². The van der Waals surface area contributed by atoms with Crippen molar-refractivity contribution in [3.05, 3.63) is 66.2 Å². The molecule has 98 valence electrons. The maximum atomic E-state index is 9.74. The van der Waals surface area contributed by atoms with E-state index in [0.29, 0.717) is 11.3 Å². The first-order valence-corrected chi connectivity index (χ1v) is 6.35. The number of nitrogens with two attached hydrogens (primary N) is 1. The van der Waals surface area contributed by atoms with Crippen LogP contribution in [0.2, 0.25) is 0 Å². The molecule has 3 rings (SSSR count). The first-order chi connectivity index (χ1) is 9.75. The van der Waals surface area contributed by atoms with Crippen molar-refractivity contribution < 1.29 is 5.11 Å². The Hall–Kier alpha value is -2.81. The van der Waals surface area contributed by atoms with Crippen LogP contribution in [0, 0.1) is 0 Å². The van der Waals surface area contributed by atoms with Gasteiger partial charge < -0.3 is 10.8 Å². The van der Waals surface area contributed by atoms with Crippen LogP contribution in [0.5, 0.6) is 5.75 Å². The highest BCUT2D eigenvalue weighted by molar-refractivity contribution is 6.02. The van der Waals surface area contributed by atoms with Crippen LogP contribution in [0.15, 0.2) is 65.7 Å². The van der Waals surface area contributed by atoms with Gasteiger partial charge in [0.2, 0.25) is 0 Å². The molecular weight excluding hydrogens is 248 g/mol. The first kappa shape index (κ1) is 12.2. The zero-order valence-electron chi connectivity index (χ0n) is 10.8. The van der Waals surface area contributed by atoms with Crippen molar-refractivity contribution in [2.24, 2.45) is 4.99 Å². The molecule has 20 heavy (non-hydrogen) atoms. The van der Waals surface area contributed by atoms with Crippen LogP contribution in [0.1, 0.15) is 5.56 Å². The molecule has 0 amide bonds. The summed E-state index contributed by atoms with van der Waals surface area (Å²) in [6, 6.07) is 18.7. The van der Waals surface area contributed by atoms with Crippen LogP contribution in [0.25, 0.3) is 10.8 Å². The van der Waals surface area contributed by atoms with Gasteiger partial charge in [0.15, 0.2) is 0 Å². The molecule has 0 aliphatic carbocycles. The van der Waals surface area contributed by atoms with Gasteiger partial charge in [-0.25, -0.2) is 0 Å². The first-order valence-electron chi connectivity index (χ1n) is 6.35. The molecule has 0 aliphatic heterocycles. The molecule has 3 aromatic rings. The van der Waals surface area contributed by atoms with Crippen molar-refractivity contribution in [2.75, 3.05) is 5.73 Å². The van der Waals surface area contributed by atoms with Crippen LogP contribution in [0.3, 0.4) is 0 Å². The minimum absolute atomic E-state index is 0.212. The van der Waals surface area contributed by atoms with E-state index in [1.165, 1.54) is 0 Å². The summed E-state index contributed by atoms with van der Waals surface area (Å²) in [5.74, 6) is 0.212. The van der Waals surface area contributed by atoms with Gasteiger partial charge in [0.1, 0.15) is 5.75 Å². The van der Waals surface area contributed by atoms with E-state index < -0.39 is 0 Å². The molecule has 3 aromatic carbocycles. The summed E-state index contributed by atoms with van der Waals surface area (Å²) in [6.45, 7) is 0. The lowest BCUT2D eigenvalue weighted by atomic mass is 10.1. The van der Waals surface area contributed by atoms with E-state index in [9.17, 15) is 5.11 Å². The second kappa shape index (κ2) is 5.05. The van der Waals surface area contributed by atoms with Crippen LogP contribution in [0.4, 0.5) is 11.4 Å². The summed E-state index contributed by atoms with van der Waals surface area (Å²) >= 11 is 0. The fourth-order valence-electron chi connectivity index (χ4n) is 2.19. The lowest BCUT2D eigenvalue weighted by Gasteiger charge is -2.05. The van der Waals surface area contributed by atoms with Crippen LogP contribution in [-0.4, -0.2) is 11.3 Å². The number of hydrogen-bond donors (Lipinski definition) is 2. The number of para-hydroxylation sites is 1. The van der Waals surface area contributed by atoms with Gasteiger partial charge >= 0.3 is 0 Å². The molecule has 0 spiro atoms. The largest absolute Gasteiger partial charge is 0.507 e. The maximum absolute atomic E-state index is 9.74. The van der Waals surface area contributed by atoms with Crippen molar-refractivity contribution in [1.29, 1.82) is 0 Å². The van der Waals surface area contributed by atoms with E-state index in [1.54, 1.807) is 18.3 Å². The summed E-state index contributed by atoms with van der Waals surface area (Å²) in [6.07, 6.45) is 1.65. The number of nitrogens with zero attached hydrogens (tertiary/aromatic N) is 1. The van der Waals surface area contributed by atoms with E-state index in [0.717, 1.165) is 16.5 Å². The molecule has 0 aliphatic rings. The predicted molar refractivity (Wildman–Crippen MR) is 83.7 cm³/mol. The fraction of sp³-hybridized carbons (Fsp3) is 0. The number of phenols is 1. The SMILES string of the molecule is Nc1cccc2cccc(N=Cc3ccccc3O)c12. The average molecular weight is 262 g/mol. The van der Waals surface area contributed by atoms with Gasteiger partial charge in [-0.3, -0.25) is 4.99 Å². The van der Waals surface area contributed by atoms with Crippen molar-refractivity contribution in [2.45, 2.75) is 0 Å². The van der Waals surface area contributed by atoms with Gasteiger partial charge in [-0.05, 0) is 29.7 Å². The highest BCUT2D eigenvalue weighted by Gasteiger charge is 2.03. The zero-order valence-corrected chi connectivity index (χ0v) is 10.8. The fourth-order valence-corrected chi connectivity index (χ4v) is 2.19. The van der Waals surface area contributed by atoms with Crippen molar-refractivity contribution >= 4 is 28.4 Å². The number of nitrogen functional groups attached to an aromatic ring is 1. The van der Waals surface area contributed by atoms with Crippen molar-refractivity contribution in [3.63, 3.8) is 0 Å². The topological polar surface area (TPSA) is 58.6 Å². The Morgan fingerprint density at radius 2 is 1.65 bits per heavy atom. The van der Waals surface area contributed by atoms with E-state index in [-0.39, 0.29) is 5.75 Å². The zero-order chi connectivity index (χ0) is 13.9. The predicted octanol–water partition coefficient (Wildman–Crippen LogP) is 3.88. The second-order valence-corrected chi connectivity index (χ2v) is 4.54. The van der Waals surface area contributed by atoms with Gasteiger partial charge in [0.05, 0.1) is 5.69 Å². The summed E-state index contributed by atoms with van der Waals surface area (Å²) in [5.41, 5.74) is 8.21. The van der Waals surface area contributed by atoms with E-state index in [4.69, 9.17) is 5.73 Å². The Morgan fingerprint density at radius 3 is 2.45 bits per heavy atom. The molecule has 0 radical (unpaired) electrons. The molecule has 0 bridgehead atoms. The minimum Gasteiger partial charge on any atom is -0.507 e. The van der Waals surface area contributed by atoms with E-state index >= 15 is 0 Å². The molecule has 0 heterocycles. The molecule has 0 saturated carbocycles. The molecule has 3 heteroatoms.